The number of hydrogen-bond donors (Lipinski definition) is 0. The van der Waals surface area contributed by atoms with Crippen LogP contribution in [-0.2, 0) is 16.5 Å². The molecule has 0 spiro atoms. The molecule has 1 aromatic rings. The van der Waals surface area contributed by atoms with Crippen molar-refractivity contribution < 1.29 is 41.2 Å². The third-order valence-electron chi connectivity index (χ3n) is 1.65. The van der Waals surface area contributed by atoms with Gasteiger partial charge in [-0.05, 0) is 6.07 Å². The number of aromatic carboxylic acids is 2. The van der Waals surface area contributed by atoms with Gasteiger partial charge >= 0.3 is 16.5 Å². The Bertz CT molecular complexity index is 458. The number of hydrogen-bond acceptors (Lipinski definition) is 6. The fourth-order valence-electron chi connectivity index (χ4n) is 0.993. The van der Waals surface area contributed by atoms with Crippen LogP contribution in [0.2, 0.25) is 0 Å². The van der Waals surface area contributed by atoms with Crippen molar-refractivity contribution in [3.8, 4) is 0 Å². The van der Waals surface area contributed by atoms with E-state index in [1.807, 2.05) is 0 Å². The smallest absolute Gasteiger partial charge is 0.545 e. The van der Waals surface area contributed by atoms with Gasteiger partial charge in [-0.2, -0.15) is 0 Å². The zero-order valence-corrected chi connectivity index (χ0v) is 8.43. The molecule has 0 unspecified atom stereocenters. The van der Waals surface area contributed by atoms with Gasteiger partial charge in [0.05, 0.1) is 16.9 Å². The molecule has 1 aromatic carbocycles. The van der Waals surface area contributed by atoms with Crippen molar-refractivity contribution in [1.82, 2.24) is 0 Å². The molecule has 0 atom stereocenters. The normalized spacial score (nSPS) is 9.00. The third-order valence-corrected chi connectivity index (χ3v) is 1.65. The molecule has 0 aliphatic heterocycles. The number of rotatable bonds is 3. The molecule has 86 valence electrons. The SMILES string of the molecule is O=C([O-])c1ccc([N+](=O)[O-])cc1C(=O)[O-].[Ni+2]. The first-order valence-electron chi connectivity index (χ1n) is 3.64. The fraction of sp³-hybridized carbons (Fsp3) is 0. The third kappa shape index (κ3) is 2.77. The van der Waals surface area contributed by atoms with Crippen LogP contribution in [0.4, 0.5) is 5.69 Å². The van der Waals surface area contributed by atoms with E-state index in [1.54, 1.807) is 0 Å². The number of non-ortho nitro benzene ring substituents is 1. The summed E-state index contributed by atoms with van der Waals surface area (Å²) in [5, 5.41) is 31.2. The summed E-state index contributed by atoms with van der Waals surface area (Å²) in [7, 11) is 0. The minimum Gasteiger partial charge on any atom is -0.545 e. The summed E-state index contributed by atoms with van der Waals surface area (Å²) in [5.74, 6) is -3.54. The summed E-state index contributed by atoms with van der Waals surface area (Å²) in [6.07, 6.45) is 0. The molecule has 0 aliphatic rings. The second-order valence-corrected chi connectivity index (χ2v) is 2.56. The molecule has 0 saturated heterocycles. The molecule has 0 bridgehead atoms. The van der Waals surface area contributed by atoms with Gasteiger partial charge < -0.3 is 19.8 Å². The monoisotopic (exact) mass is 267 g/mol. The van der Waals surface area contributed by atoms with Crippen LogP contribution in [0.3, 0.4) is 0 Å². The summed E-state index contributed by atoms with van der Waals surface area (Å²) in [6.45, 7) is 0. The summed E-state index contributed by atoms with van der Waals surface area (Å²) >= 11 is 0. The molecule has 7 nitrogen and oxygen atoms in total. The molecule has 0 saturated carbocycles. The maximum Gasteiger partial charge on any atom is 2.00 e. The number of carbonyl (C=O) groups excluding carboxylic acids is 2. The first-order valence-corrected chi connectivity index (χ1v) is 3.64. The molecule has 0 aliphatic carbocycles. The maximum absolute atomic E-state index is 10.5. The first kappa shape index (κ1) is 14.1. The summed E-state index contributed by atoms with van der Waals surface area (Å²) in [6, 6.07) is 2.27. The predicted octanol–water partition coefficient (Wildman–Crippen LogP) is -1.68. The molecular weight excluding hydrogens is 265 g/mol. The van der Waals surface area contributed by atoms with Crippen LogP contribution in [0.1, 0.15) is 20.7 Å². The number of carbonyl (C=O) groups is 2. The van der Waals surface area contributed by atoms with Gasteiger partial charge in [-0.15, -0.1) is 0 Å². The van der Waals surface area contributed by atoms with E-state index in [-0.39, 0.29) is 16.5 Å². The van der Waals surface area contributed by atoms with Crippen LogP contribution < -0.4 is 10.2 Å². The Hall–Kier alpha value is -1.95. The van der Waals surface area contributed by atoms with Gasteiger partial charge in [-0.3, -0.25) is 10.1 Å². The van der Waals surface area contributed by atoms with Crippen molar-refractivity contribution in [3.63, 3.8) is 0 Å². The van der Waals surface area contributed by atoms with Crippen LogP contribution >= 0.6 is 0 Å². The van der Waals surface area contributed by atoms with E-state index in [9.17, 15) is 29.9 Å². The predicted molar refractivity (Wildman–Crippen MR) is 41.8 cm³/mol. The molecule has 16 heavy (non-hydrogen) atoms. The van der Waals surface area contributed by atoms with Crippen LogP contribution in [-0.4, -0.2) is 16.9 Å². The Kier molecular flexibility index (Phi) is 4.59. The summed E-state index contributed by atoms with van der Waals surface area (Å²) in [5.41, 5.74) is -1.95. The minimum atomic E-state index is -1.81. The van der Waals surface area contributed by atoms with Gasteiger partial charge in [0.15, 0.2) is 0 Å². The number of nitro groups is 1. The zero-order valence-electron chi connectivity index (χ0n) is 7.44. The second kappa shape index (κ2) is 5.22. The van der Waals surface area contributed by atoms with E-state index >= 15 is 0 Å². The first-order chi connectivity index (χ1) is 6.93. The van der Waals surface area contributed by atoms with E-state index in [0.29, 0.717) is 6.07 Å². The van der Waals surface area contributed by atoms with Crippen LogP contribution in [0.25, 0.3) is 0 Å². The number of carboxylic acid groups (broad SMARTS) is 2. The molecule has 8 heteroatoms. The molecule has 0 fully saturated rings. The zero-order chi connectivity index (χ0) is 11.6. The van der Waals surface area contributed by atoms with Gasteiger partial charge in [-0.25, -0.2) is 0 Å². The van der Waals surface area contributed by atoms with E-state index < -0.39 is 33.7 Å². The molecule has 0 heterocycles. The second-order valence-electron chi connectivity index (χ2n) is 2.56. The van der Waals surface area contributed by atoms with Crippen LogP contribution in [0, 0.1) is 10.1 Å². The average Bonchev–Trinajstić information content (AvgIpc) is 2.16. The van der Waals surface area contributed by atoms with Gasteiger partial charge in [0.2, 0.25) is 0 Å². The van der Waals surface area contributed by atoms with Crippen molar-refractivity contribution in [1.29, 1.82) is 0 Å². The van der Waals surface area contributed by atoms with Crippen molar-refractivity contribution in [2.45, 2.75) is 0 Å². The Morgan fingerprint density at radius 2 is 1.56 bits per heavy atom. The van der Waals surface area contributed by atoms with E-state index in [4.69, 9.17) is 0 Å². The topological polar surface area (TPSA) is 123 Å². The average molecular weight is 268 g/mol. The van der Waals surface area contributed by atoms with Gasteiger partial charge in [-0.1, -0.05) is 0 Å². The van der Waals surface area contributed by atoms with Gasteiger partial charge in [0.1, 0.15) is 0 Å². The molecule has 1 rings (SSSR count). The van der Waals surface area contributed by atoms with Gasteiger partial charge in [0, 0.05) is 23.3 Å². The quantitative estimate of drug-likeness (QED) is 0.366. The Labute approximate surface area is 98.8 Å². The number of nitrogens with zero attached hydrogens (tertiary/aromatic N) is 1. The minimum absolute atomic E-state index is 0. The molecule has 0 N–H and O–H groups in total. The molecule has 0 amide bonds. The van der Waals surface area contributed by atoms with E-state index in [2.05, 4.69) is 0 Å². The number of benzene rings is 1. The molecule has 0 radical (unpaired) electrons. The van der Waals surface area contributed by atoms with Crippen molar-refractivity contribution in [2.75, 3.05) is 0 Å². The van der Waals surface area contributed by atoms with Crippen molar-refractivity contribution in [3.05, 3.63) is 39.4 Å². The van der Waals surface area contributed by atoms with Crippen LogP contribution in [0.15, 0.2) is 18.2 Å². The van der Waals surface area contributed by atoms with Gasteiger partial charge in [0.25, 0.3) is 5.69 Å². The Morgan fingerprint density at radius 1 is 1.06 bits per heavy atom. The Balaban J connectivity index is 0.00000225. The maximum atomic E-state index is 10.5. The van der Waals surface area contributed by atoms with E-state index in [1.165, 1.54) is 0 Å². The van der Waals surface area contributed by atoms with Crippen molar-refractivity contribution >= 4 is 17.6 Å². The number of nitro benzene ring substituents is 1. The largest absolute Gasteiger partial charge is 2.00 e. The number of carboxylic acids is 2. The molecular formula is C8H3NNiO6. The molecule has 0 aromatic heterocycles. The van der Waals surface area contributed by atoms with Crippen molar-refractivity contribution in [2.24, 2.45) is 0 Å². The Morgan fingerprint density at radius 3 is 1.94 bits per heavy atom. The summed E-state index contributed by atoms with van der Waals surface area (Å²) in [4.78, 5) is 30.4. The van der Waals surface area contributed by atoms with E-state index in [0.717, 1.165) is 12.1 Å². The summed E-state index contributed by atoms with van der Waals surface area (Å²) < 4.78 is 0. The van der Waals surface area contributed by atoms with Crippen LogP contribution in [0.5, 0.6) is 0 Å². The fourth-order valence-corrected chi connectivity index (χ4v) is 0.993. The standard InChI is InChI=1S/C8H5NO6.Ni/c10-7(11)5-2-1-4(9(14)15)3-6(5)8(12)13;/h1-3H,(H,10,11)(H,12,13);/q;+2/p-2.